The van der Waals surface area contributed by atoms with Gasteiger partial charge in [-0.1, -0.05) is 32.0 Å². The van der Waals surface area contributed by atoms with Gasteiger partial charge in [0.15, 0.2) is 0 Å². The lowest BCUT2D eigenvalue weighted by atomic mass is 10.0. The standard InChI is InChI=1S/C20H21N3O2/c1-3-14(4-2)18(24)21-17-12-10-16(11-13-17)20-23-22-19(25-20)15-8-6-5-7-9-15/h5-14H,3-4H2,1-2H3,(H,21,24). The number of nitrogens with zero attached hydrogens (tertiary/aromatic N) is 2. The molecule has 0 saturated heterocycles. The highest BCUT2D eigenvalue weighted by molar-refractivity contribution is 5.92. The Kier molecular flexibility index (Phi) is 5.23. The Morgan fingerprint density at radius 2 is 1.48 bits per heavy atom. The number of carbonyl (C=O) groups excluding carboxylic acids is 1. The molecule has 1 N–H and O–H groups in total. The SMILES string of the molecule is CCC(CC)C(=O)Nc1ccc(-c2nnc(-c3ccccc3)o2)cc1. The molecular weight excluding hydrogens is 314 g/mol. The van der Waals surface area contributed by atoms with Gasteiger partial charge in [0.1, 0.15) is 0 Å². The molecule has 1 amide bonds. The van der Waals surface area contributed by atoms with Crippen LogP contribution in [0.4, 0.5) is 5.69 Å². The molecule has 0 aliphatic rings. The predicted molar refractivity (Wildman–Crippen MR) is 97.9 cm³/mol. The van der Waals surface area contributed by atoms with Gasteiger partial charge in [0.25, 0.3) is 0 Å². The highest BCUT2D eigenvalue weighted by atomic mass is 16.4. The van der Waals surface area contributed by atoms with Crippen molar-refractivity contribution in [3.05, 3.63) is 54.6 Å². The van der Waals surface area contributed by atoms with Crippen molar-refractivity contribution in [3.8, 4) is 22.9 Å². The monoisotopic (exact) mass is 335 g/mol. The molecule has 1 aromatic heterocycles. The third kappa shape index (κ3) is 3.94. The minimum Gasteiger partial charge on any atom is -0.416 e. The van der Waals surface area contributed by atoms with Crippen molar-refractivity contribution in [1.29, 1.82) is 0 Å². The summed E-state index contributed by atoms with van der Waals surface area (Å²) in [7, 11) is 0. The van der Waals surface area contributed by atoms with Gasteiger partial charge in [-0.25, -0.2) is 0 Å². The summed E-state index contributed by atoms with van der Waals surface area (Å²) in [6, 6.07) is 17.1. The number of hydrogen-bond donors (Lipinski definition) is 1. The first-order chi connectivity index (χ1) is 12.2. The summed E-state index contributed by atoms with van der Waals surface area (Å²) in [6.07, 6.45) is 1.68. The van der Waals surface area contributed by atoms with Crippen molar-refractivity contribution < 1.29 is 9.21 Å². The molecule has 2 aromatic carbocycles. The maximum Gasteiger partial charge on any atom is 0.248 e. The molecule has 0 aliphatic heterocycles. The van der Waals surface area contributed by atoms with Gasteiger partial charge in [0.2, 0.25) is 17.7 Å². The van der Waals surface area contributed by atoms with Crippen molar-refractivity contribution in [2.75, 3.05) is 5.32 Å². The second-order valence-corrected chi connectivity index (χ2v) is 5.86. The molecule has 0 unspecified atom stereocenters. The Balaban J connectivity index is 1.73. The summed E-state index contributed by atoms with van der Waals surface area (Å²) in [5, 5.41) is 11.1. The summed E-state index contributed by atoms with van der Waals surface area (Å²) >= 11 is 0. The molecule has 128 valence electrons. The summed E-state index contributed by atoms with van der Waals surface area (Å²) in [5.74, 6) is 1.05. The van der Waals surface area contributed by atoms with Gasteiger partial charge in [-0.2, -0.15) is 0 Å². The van der Waals surface area contributed by atoms with Gasteiger partial charge < -0.3 is 9.73 Å². The van der Waals surface area contributed by atoms with Crippen molar-refractivity contribution >= 4 is 11.6 Å². The quantitative estimate of drug-likeness (QED) is 0.704. The largest absolute Gasteiger partial charge is 0.416 e. The number of hydrogen-bond acceptors (Lipinski definition) is 4. The van der Waals surface area contributed by atoms with Crippen LogP contribution in [0.1, 0.15) is 26.7 Å². The van der Waals surface area contributed by atoms with Crippen LogP contribution in [-0.4, -0.2) is 16.1 Å². The normalized spacial score (nSPS) is 10.8. The summed E-state index contributed by atoms with van der Waals surface area (Å²) in [6.45, 7) is 4.05. The molecule has 5 heteroatoms. The fraction of sp³-hybridized carbons (Fsp3) is 0.250. The van der Waals surface area contributed by atoms with E-state index >= 15 is 0 Å². The number of amides is 1. The van der Waals surface area contributed by atoms with Crippen LogP contribution < -0.4 is 5.32 Å². The molecule has 0 spiro atoms. The molecule has 5 nitrogen and oxygen atoms in total. The Morgan fingerprint density at radius 1 is 0.920 bits per heavy atom. The van der Waals surface area contributed by atoms with Crippen LogP contribution in [0.25, 0.3) is 22.9 Å². The molecule has 0 aliphatic carbocycles. The van der Waals surface area contributed by atoms with E-state index in [0.29, 0.717) is 11.8 Å². The van der Waals surface area contributed by atoms with Gasteiger partial charge in [0.05, 0.1) is 0 Å². The summed E-state index contributed by atoms with van der Waals surface area (Å²) in [4.78, 5) is 12.1. The number of carbonyl (C=O) groups is 1. The van der Waals surface area contributed by atoms with Gasteiger partial charge in [-0.3, -0.25) is 4.79 Å². The Bertz CT molecular complexity index is 822. The van der Waals surface area contributed by atoms with Crippen LogP contribution in [-0.2, 0) is 4.79 Å². The molecular formula is C20H21N3O2. The minimum absolute atomic E-state index is 0.0454. The van der Waals surface area contributed by atoms with Crippen LogP contribution >= 0.6 is 0 Å². The number of benzene rings is 2. The smallest absolute Gasteiger partial charge is 0.248 e. The second kappa shape index (κ2) is 7.75. The molecule has 0 fully saturated rings. The average molecular weight is 335 g/mol. The first-order valence-corrected chi connectivity index (χ1v) is 8.51. The molecule has 0 radical (unpaired) electrons. The predicted octanol–water partition coefficient (Wildman–Crippen LogP) is 4.78. The number of aromatic nitrogens is 2. The van der Waals surface area contributed by atoms with E-state index in [2.05, 4.69) is 15.5 Å². The topological polar surface area (TPSA) is 68.0 Å². The Labute approximate surface area is 147 Å². The third-order valence-corrected chi connectivity index (χ3v) is 4.20. The molecule has 3 aromatic rings. The summed E-state index contributed by atoms with van der Waals surface area (Å²) < 4.78 is 5.74. The Hall–Kier alpha value is -2.95. The van der Waals surface area contributed by atoms with Crippen molar-refractivity contribution in [2.24, 2.45) is 5.92 Å². The van der Waals surface area contributed by atoms with E-state index in [4.69, 9.17) is 4.42 Å². The number of rotatable bonds is 6. The number of anilines is 1. The van der Waals surface area contributed by atoms with Crippen LogP contribution in [0, 0.1) is 5.92 Å². The fourth-order valence-electron chi connectivity index (χ4n) is 2.64. The van der Waals surface area contributed by atoms with Gasteiger partial charge in [-0.05, 0) is 49.2 Å². The second-order valence-electron chi connectivity index (χ2n) is 5.86. The number of nitrogens with one attached hydrogen (secondary N) is 1. The van der Waals surface area contributed by atoms with Crippen LogP contribution in [0.5, 0.6) is 0 Å². The Morgan fingerprint density at radius 3 is 2.04 bits per heavy atom. The highest BCUT2D eigenvalue weighted by Crippen LogP contribution is 2.25. The molecule has 0 bridgehead atoms. The first-order valence-electron chi connectivity index (χ1n) is 8.51. The molecule has 3 rings (SSSR count). The van der Waals surface area contributed by atoms with E-state index < -0.39 is 0 Å². The average Bonchev–Trinajstić information content (AvgIpc) is 3.14. The van der Waals surface area contributed by atoms with Crippen LogP contribution in [0.3, 0.4) is 0 Å². The fourth-order valence-corrected chi connectivity index (χ4v) is 2.64. The van der Waals surface area contributed by atoms with Crippen LogP contribution in [0.15, 0.2) is 59.0 Å². The lowest BCUT2D eigenvalue weighted by molar-refractivity contribution is -0.120. The van der Waals surface area contributed by atoms with E-state index in [1.807, 2.05) is 68.4 Å². The first kappa shape index (κ1) is 16.9. The summed E-state index contributed by atoms with van der Waals surface area (Å²) in [5.41, 5.74) is 2.47. The maximum atomic E-state index is 12.1. The van der Waals surface area contributed by atoms with Gasteiger partial charge in [-0.15, -0.1) is 10.2 Å². The molecule has 1 heterocycles. The van der Waals surface area contributed by atoms with E-state index in [9.17, 15) is 4.79 Å². The lowest BCUT2D eigenvalue weighted by Gasteiger charge is -2.12. The highest BCUT2D eigenvalue weighted by Gasteiger charge is 2.14. The van der Waals surface area contributed by atoms with Crippen molar-refractivity contribution in [1.82, 2.24) is 10.2 Å². The van der Waals surface area contributed by atoms with Crippen LogP contribution in [0.2, 0.25) is 0 Å². The van der Waals surface area contributed by atoms with E-state index in [-0.39, 0.29) is 11.8 Å². The molecule has 25 heavy (non-hydrogen) atoms. The van der Waals surface area contributed by atoms with Crippen molar-refractivity contribution in [3.63, 3.8) is 0 Å². The van der Waals surface area contributed by atoms with Gasteiger partial charge >= 0.3 is 0 Å². The lowest BCUT2D eigenvalue weighted by Crippen LogP contribution is -2.21. The minimum atomic E-state index is 0.0454. The third-order valence-electron chi connectivity index (χ3n) is 4.20. The molecule has 0 atom stereocenters. The zero-order valence-electron chi connectivity index (χ0n) is 14.4. The van der Waals surface area contributed by atoms with Gasteiger partial charge in [0, 0.05) is 22.7 Å². The van der Waals surface area contributed by atoms with Crippen molar-refractivity contribution in [2.45, 2.75) is 26.7 Å². The maximum absolute atomic E-state index is 12.1. The van der Waals surface area contributed by atoms with E-state index in [1.54, 1.807) is 0 Å². The zero-order valence-corrected chi connectivity index (χ0v) is 14.4. The van der Waals surface area contributed by atoms with E-state index in [0.717, 1.165) is 29.7 Å². The molecule has 0 saturated carbocycles. The van der Waals surface area contributed by atoms with E-state index in [1.165, 1.54) is 0 Å². The zero-order chi connectivity index (χ0) is 17.6.